The van der Waals surface area contributed by atoms with Crippen LogP contribution < -0.4 is 0 Å². The second kappa shape index (κ2) is 2.82. The molecule has 0 amide bonds. The molecule has 2 nitrogen and oxygen atoms in total. The third kappa shape index (κ3) is 1.16. The number of Topliss-reactive ketones (excluding diaryl/α,β-unsaturated/α-hetero) is 1. The summed E-state index contributed by atoms with van der Waals surface area (Å²) in [5.41, 5.74) is -0.561. The highest BCUT2D eigenvalue weighted by Crippen LogP contribution is 2.50. The summed E-state index contributed by atoms with van der Waals surface area (Å²) in [5.74, 6) is 1.24. The summed E-state index contributed by atoms with van der Waals surface area (Å²) in [5, 5.41) is 0. The van der Waals surface area contributed by atoms with E-state index >= 15 is 0 Å². The molecule has 1 saturated carbocycles. The second-order valence-corrected chi connectivity index (χ2v) is 5.53. The van der Waals surface area contributed by atoms with Crippen molar-refractivity contribution in [3.05, 3.63) is 0 Å². The summed E-state index contributed by atoms with van der Waals surface area (Å²) in [6.45, 7) is 8.51. The van der Waals surface area contributed by atoms with Gasteiger partial charge in [0.2, 0.25) is 0 Å². The predicted octanol–water partition coefficient (Wildman–Crippen LogP) is 2.56. The fourth-order valence-corrected chi connectivity index (χ4v) is 2.89. The maximum atomic E-state index is 11.8. The molecule has 0 unspecified atom stereocenters. The minimum absolute atomic E-state index is 0.0824. The quantitative estimate of drug-likeness (QED) is 0.644. The van der Waals surface area contributed by atoms with Gasteiger partial charge in [0.1, 0.15) is 5.60 Å². The van der Waals surface area contributed by atoms with Crippen LogP contribution in [0.3, 0.4) is 0 Å². The van der Waals surface area contributed by atoms with Crippen LogP contribution in [0.1, 0.15) is 47.0 Å². The first-order valence-corrected chi connectivity index (χ1v) is 5.62. The molecule has 2 heteroatoms. The van der Waals surface area contributed by atoms with E-state index in [2.05, 4.69) is 20.8 Å². The molecule has 0 aromatic heterocycles. The summed E-state index contributed by atoms with van der Waals surface area (Å²) in [6.07, 6.45) is 2.79. The summed E-state index contributed by atoms with van der Waals surface area (Å²) >= 11 is 0. The summed E-state index contributed by atoms with van der Waals surface area (Å²) in [6, 6.07) is 0. The highest BCUT2D eigenvalue weighted by atomic mass is 16.5. The van der Waals surface area contributed by atoms with Gasteiger partial charge in [-0.1, -0.05) is 13.8 Å². The molecule has 0 aromatic rings. The zero-order valence-corrected chi connectivity index (χ0v) is 9.59. The summed E-state index contributed by atoms with van der Waals surface area (Å²) < 4.78 is 6.08. The molecule has 3 atom stereocenters. The summed E-state index contributed by atoms with van der Waals surface area (Å²) in [4.78, 5) is 11.8. The van der Waals surface area contributed by atoms with Gasteiger partial charge in [-0.05, 0) is 38.5 Å². The predicted molar refractivity (Wildman–Crippen MR) is 55.1 cm³/mol. The first-order valence-electron chi connectivity index (χ1n) is 5.62. The van der Waals surface area contributed by atoms with Crippen molar-refractivity contribution >= 4 is 5.78 Å². The van der Waals surface area contributed by atoms with Gasteiger partial charge in [0, 0.05) is 6.42 Å². The van der Waals surface area contributed by atoms with Crippen molar-refractivity contribution in [3.8, 4) is 0 Å². The number of rotatable bonds is 1. The van der Waals surface area contributed by atoms with Crippen LogP contribution in [0.4, 0.5) is 0 Å². The van der Waals surface area contributed by atoms with Crippen molar-refractivity contribution in [3.63, 3.8) is 0 Å². The Bertz CT molecular complexity index is 271. The molecule has 14 heavy (non-hydrogen) atoms. The minimum atomic E-state index is -0.478. The Balaban J connectivity index is 2.32. The normalized spacial score (nSPS) is 47.5. The number of hydrogen-bond acceptors (Lipinski definition) is 2. The first-order chi connectivity index (χ1) is 6.38. The lowest BCUT2D eigenvalue weighted by molar-refractivity contribution is -0.240. The number of ether oxygens (including phenoxy) is 1. The molecule has 1 aliphatic carbocycles. The molecule has 0 spiro atoms. The zero-order chi connectivity index (χ0) is 10.6. The molecule has 2 bridgehead atoms. The van der Waals surface area contributed by atoms with Crippen molar-refractivity contribution in [1.29, 1.82) is 0 Å². The van der Waals surface area contributed by atoms with Crippen LogP contribution in [0, 0.1) is 11.8 Å². The smallest absolute Gasteiger partial charge is 0.164 e. The molecule has 2 heterocycles. The van der Waals surface area contributed by atoms with Crippen molar-refractivity contribution in [2.75, 3.05) is 0 Å². The Morgan fingerprint density at radius 3 is 2.50 bits per heavy atom. The van der Waals surface area contributed by atoms with Gasteiger partial charge in [-0.2, -0.15) is 0 Å². The van der Waals surface area contributed by atoms with E-state index in [9.17, 15) is 4.79 Å². The van der Waals surface area contributed by atoms with Gasteiger partial charge in [0.25, 0.3) is 0 Å². The van der Waals surface area contributed by atoms with Gasteiger partial charge in [0.05, 0.1) is 5.60 Å². The lowest BCUT2D eigenvalue weighted by atomic mass is 9.64. The van der Waals surface area contributed by atoms with E-state index in [1.165, 1.54) is 0 Å². The maximum Gasteiger partial charge on any atom is 0.164 e. The lowest BCUT2D eigenvalue weighted by Gasteiger charge is -2.55. The van der Waals surface area contributed by atoms with Gasteiger partial charge in [-0.3, -0.25) is 4.79 Å². The van der Waals surface area contributed by atoms with Crippen LogP contribution in [0.15, 0.2) is 0 Å². The molecule has 0 N–H and O–H groups in total. The van der Waals surface area contributed by atoms with Gasteiger partial charge < -0.3 is 4.74 Å². The van der Waals surface area contributed by atoms with Gasteiger partial charge >= 0.3 is 0 Å². The molecular formula is C12H20O2. The van der Waals surface area contributed by atoms with E-state index in [1.807, 2.05) is 6.92 Å². The molecule has 2 saturated heterocycles. The van der Waals surface area contributed by atoms with Crippen molar-refractivity contribution in [2.24, 2.45) is 11.8 Å². The molecule has 2 aliphatic heterocycles. The summed E-state index contributed by atoms with van der Waals surface area (Å²) in [7, 11) is 0. The van der Waals surface area contributed by atoms with E-state index < -0.39 is 5.60 Å². The molecule has 0 radical (unpaired) electrons. The Morgan fingerprint density at radius 1 is 1.43 bits per heavy atom. The first kappa shape index (κ1) is 10.2. The standard InChI is InChI=1S/C12H20O2/c1-8(2)12(4)9-5-6-11(3,14-12)10(13)7-9/h8-9H,5-7H2,1-4H3/t9-,11+,12-/m1/s1. The number of carbonyl (C=O) groups is 1. The third-order valence-electron chi connectivity index (χ3n) is 4.39. The van der Waals surface area contributed by atoms with Crippen LogP contribution in [-0.2, 0) is 9.53 Å². The highest BCUT2D eigenvalue weighted by Gasteiger charge is 2.56. The van der Waals surface area contributed by atoms with Crippen LogP contribution >= 0.6 is 0 Å². The van der Waals surface area contributed by atoms with Gasteiger partial charge in [-0.25, -0.2) is 0 Å². The molecule has 0 aromatic carbocycles. The Kier molecular flexibility index (Phi) is 2.04. The molecular weight excluding hydrogens is 176 g/mol. The monoisotopic (exact) mass is 196 g/mol. The SMILES string of the molecule is CC(C)[C@@]1(C)O[C@@]2(C)CC[C@@H]1CC2=O. The fourth-order valence-electron chi connectivity index (χ4n) is 2.89. The van der Waals surface area contributed by atoms with Crippen molar-refractivity contribution in [2.45, 2.75) is 58.2 Å². The molecule has 3 aliphatic rings. The van der Waals surface area contributed by atoms with Crippen LogP contribution in [0.25, 0.3) is 0 Å². The van der Waals surface area contributed by atoms with E-state index in [0.717, 1.165) is 19.3 Å². The average Bonchev–Trinajstić information content (AvgIpc) is 2.08. The van der Waals surface area contributed by atoms with E-state index in [0.29, 0.717) is 17.6 Å². The maximum absolute atomic E-state index is 11.8. The Labute approximate surface area is 86.0 Å². The van der Waals surface area contributed by atoms with E-state index in [4.69, 9.17) is 4.74 Å². The third-order valence-corrected chi connectivity index (χ3v) is 4.39. The van der Waals surface area contributed by atoms with Gasteiger partial charge in [0.15, 0.2) is 5.78 Å². The molecule has 3 rings (SSSR count). The van der Waals surface area contributed by atoms with Crippen LogP contribution in [-0.4, -0.2) is 17.0 Å². The van der Waals surface area contributed by atoms with E-state index in [-0.39, 0.29) is 5.60 Å². The minimum Gasteiger partial charge on any atom is -0.361 e. The molecule has 80 valence electrons. The Morgan fingerprint density at radius 2 is 2.07 bits per heavy atom. The Hall–Kier alpha value is -0.370. The molecule has 3 fully saturated rings. The number of ketones is 1. The number of hydrogen-bond donors (Lipinski definition) is 0. The van der Waals surface area contributed by atoms with E-state index in [1.54, 1.807) is 0 Å². The topological polar surface area (TPSA) is 26.3 Å². The fraction of sp³-hybridized carbons (Fsp3) is 0.917. The lowest BCUT2D eigenvalue weighted by Crippen LogP contribution is -2.62. The average molecular weight is 196 g/mol. The second-order valence-electron chi connectivity index (χ2n) is 5.53. The van der Waals surface area contributed by atoms with Crippen molar-refractivity contribution < 1.29 is 9.53 Å². The highest BCUT2D eigenvalue weighted by molar-refractivity contribution is 5.88. The number of fused-ring (bicyclic) bond motifs is 3. The van der Waals surface area contributed by atoms with Crippen LogP contribution in [0.5, 0.6) is 0 Å². The van der Waals surface area contributed by atoms with Crippen LogP contribution in [0.2, 0.25) is 0 Å². The largest absolute Gasteiger partial charge is 0.361 e. The zero-order valence-electron chi connectivity index (χ0n) is 9.59. The number of carbonyl (C=O) groups excluding carboxylic acids is 1. The van der Waals surface area contributed by atoms with Gasteiger partial charge in [-0.15, -0.1) is 0 Å². The van der Waals surface area contributed by atoms with Crippen molar-refractivity contribution in [1.82, 2.24) is 0 Å².